The monoisotopic (exact) mass is 225 g/mol. The summed E-state index contributed by atoms with van der Waals surface area (Å²) in [6.45, 7) is 2.11. The van der Waals surface area contributed by atoms with Crippen LogP contribution in [0, 0.1) is 11.3 Å². The van der Waals surface area contributed by atoms with Gasteiger partial charge in [0.1, 0.15) is 11.0 Å². The molecule has 0 aliphatic heterocycles. The zero-order chi connectivity index (χ0) is 11.5. The van der Waals surface area contributed by atoms with Gasteiger partial charge in [-0.3, -0.25) is 4.98 Å². The van der Waals surface area contributed by atoms with Crippen LogP contribution in [0.4, 0.5) is 0 Å². The predicted octanol–water partition coefficient (Wildman–Crippen LogP) is 0.594. The van der Waals surface area contributed by atoms with Crippen LogP contribution < -0.4 is 0 Å². The third-order valence-electron chi connectivity index (χ3n) is 2.00. The maximum atomic E-state index is 11.8. The molecule has 0 atom stereocenters. The van der Waals surface area contributed by atoms with Crippen LogP contribution in [0.5, 0.6) is 0 Å². The molecular formula is C9H11N3O2S. The fourth-order valence-corrected chi connectivity index (χ4v) is 2.14. The van der Waals surface area contributed by atoms with Gasteiger partial charge in [0, 0.05) is 26.0 Å². The highest BCUT2D eigenvalue weighted by molar-refractivity contribution is 7.89. The predicted molar refractivity (Wildman–Crippen MR) is 54.4 cm³/mol. The molecule has 0 saturated carbocycles. The molecule has 0 radical (unpaired) electrons. The van der Waals surface area contributed by atoms with Crippen molar-refractivity contribution in [1.29, 1.82) is 5.26 Å². The Labute approximate surface area is 89.0 Å². The number of aromatic nitrogens is 1. The second kappa shape index (κ2) is 4.38. The lowest BCUT2D eigenvalue weighted by Crippen LogP contribution is -2.26. The van der Waals surface area contributed by atoms with Crippen molar-refractivity contribution < 1.29 is 8.42 Å². The fraction of sp³-hybridized carbons (Fsp3) is 0.333. The van der Waals surface area contributed by atoms with E-state index in [2.05, 4.69) is 4.98 Å². The summed E-state index contributed by atoms with van der Waals surface area (Å²) in [5.41, 5.74) is 0.237. The molecule has 0 unspecified atom stereocenters. The molecule has 1 aromatic heterocycles. The zero-order valence-electron chi connectivity index (χ0n) is 8.51. The molecular weight excluding hydrogens is 214 g/mol. The first-order chi connectivity index (χ1) is 7.02. The van der Waals surface area contributed by atoms with E-state index in [1.54, 1.807) is 6.92 Å². The fourth-order valence-electron chi connectivity index (χ4n) is 0.971. The number of sulfonamides is 1. The third-order valence-corrected chi connectivity index (χ3v) is 3.89. The Morgan fingerprint density at radius 3 is 2.73 bits per heavy atom. The molecule has 0 amide bonds. The lowest BCUT2D eigenvalue weighted by molar-refractivity contribution is 0.486. The van der Waals surface area contributed by atoms with E-state index >= 15 is 0 Å². The molecule has 0 spiro atoms. The minimum Gasteiger partial charge on any atom is -0.262 e. The van der Waals surface area contributed by atoms with Gasteiger partial charge in [-0.2, -0.15) is 5.26 Å². The van der Waals surface area contributed by atoms with Gasteiger partial charge in [-0.25, -0.2) is 12.7 Å². The van der Waals surface area contributed by atoms with Crippen LogP contribution >= 0.6 is 0 Å². The van der Waals surface area contributed by atoms with Crippen LogP contribution in [0.2, 0.25) is 0 Å². The number of rotatable bonds is 3. The lowest BCUT2D eigenvalue weighted by atomic mass is 10.3. The van der Waals surface area contributed by atoms with E-state index in [-0.39, 0.29) is 10.5 Å². The topological polar surface area (TPSA) is 74.1 Å². The molecule has 0 aliphatic carbocycles. The zero-order valence-corrected chi connectivity index (χ0v) is 9.32. The molecule has 5 nitrogen and oxygen atoms in total. The summed E-state index contributed by atoms with van der Waals surface area (Å²) in [6, 6.07) is 3.16. The van der Waals surface area contributed by atoms with Gasteiger partial charge in [-0.1, -0.05) is 6.92 Å². The van der Waals surface area contributed by atoms with Crippen molar-refractivity contribution in [2.75, 3.05) is 13.6 Å². The van der Waals surface area contributed by atoms with Gasteiger partial charge < -0.3 is 0 Å². The van der Waals surface area contributed by atoms with Crippen molar-refractivity contribution in [3.8, 4) is 6.07 Å². The Hall–Kier alpha value is -1.45. The molecule has 0 bridgehead atoms. The molecule has 0 saturated heterocycles. The molecule has 1 rings (SSSR count). The molecule has 0 N–H and O–H groups in total. The maximum absolute atomic E-state index is 11.8. The second-order valence-corrected chi connectivity index (χ2v) is 4.99. The largest absolute Gasteiger partial charge is 0.262 e. The van der Waals surface area contributed by atoms with Gasteiger partial charge in [0.25, 0.3) is 0 Å². The summed E-state index contributed by atoms with van der Waals surface area (Å²) >= 11 is 0. The molecule has 1 heterocycles. The van der Waals surface area contributed by atoms with Gasteiger partial charge in [0.15, 0.2) is 0 Å². The highest BCUT2D eigenvalue weighted by Gasteiger charge is 2.19. The highest BCUT2D eigenvalue weighted by Crippen LogP contribution is 2.13. The van der Waals surface area contributed by atoms with Crippen LogP contribution in [0.25, 0.3) is 0 Å². The van der Waals surface area contributed by atoms with Gasteiger partial charge in [0.2, 0.25) is 10.0 Å². The minimum atomic E-state index is -3.50. The van der Waals surface area contributed by atoms with Crippen LogP contribution in [0.15, 0.2) is 23.4 Å². The minimum absolute atomic E-state index is 0.0471. The van der Waals surface area contributed by atoms with E-state index in [0.29, 0.717) is 6.54 Å². The van der Waals surface area contributed by atoms with Crippen LogP contribution in [-0.4, -0.2) is 31.3 Å². The molecule has 80 valence electrons. The lowest BCUT2D eigenvalue weighted by Gasteiger charge is -2.14. The van der Waals surface area contributed by atoms with Crippen LogP contribution in [0.3, 0.4) is 0 Å². The van der Waals surface area contributed by atoms with Crippen LogP contribution in [-0.2, 0) is 10.0 Å². The van der Waals surface area contributed by atoms with Gasteiger partial charge in [0.05, 0.1) is 5.56 Å². The smallest absolute Gasteiger partial charge is 0.244 e. The van der Waals surface area contributed by atoms with E-state index < -0.39 is 10.0 Å². The van der Waals surface area contributed by atoms with Gasteiger partial charge in [-0.05, 0) is 6.07 Å². The van der Waals surface area contributed by atoms with E-state index in [1.807, 2.05) is 6.07 Å². The van der Waals surface area contributed by atoms with Gasteiger partial charge >= 0.3 is 0 Å². The van der Waals surface area contributed by atoms with Crippen molar-refractivity contribution in [1.82, 2.24) is 9.29 Å². The summed E-state index contributed by atoms with van der Waals surface area (Å²) < 4.78 is 24.8. The first-order valence-electron chi connectivity index (χ1n) is 4.34. The molecule has 0 fully saturated rings. The first-order valence-corrected chi connectivity index (χ1v) is 5.78. The van der Waals surface area contributed by atoms with Crippen molar-refractivity contribution >= 4 is 10.0 Å². The standard InChI is InChI=1S/C9H11N3O2S/c1-3-12(2)15(13,14)9-4-8(5-10)6-11-7-9/h4,6-7H,3H2,1-2H3. The number of hydrogen-bond acceptors (Lipinski definition) is 4. The van der Waals surface area contributed by atoms with E-state index in [0.717, 1.165) is 0 Å². The normalized spacial score (nSPS) is 11.3. The second-order valence-electron chi connectivity index (χ2n) is 2.94. The van der Waals surface area contributed by atoms with E-state index in [4.69, 9.17) is 5.26 Å². The first kappa shape index (κ1) is 11.6. The number of nitrogens with zero attached hydrogens (tertiary/aromatic N) is 3. The molecule has 6 heteroatoms. The molecule has 0 aliphatic rings. The summed E-state index contributed by atoms with van der Waals surface area (Å²) in [5.74, 6) is 0. The van der Waals surface area contributed by atoms with E-state index in [1.165, 1.54) is 29.8 Å². The average molecular weight is 225 g/mol. The number of nitriles is 1. The van der Waals surface area contributed by atoms with E-state index in [9.17, 15) is 8.42 Å². The quantitative estimate of drug-likeness (QED) is 0.754. The number of hydrogen-bond donors (Lipinski definition) is 0. The average Bonchev–Trinajstić information content (AvgIpc) is 2.27. The molecule has 1 aromatic rings. The van der Waals surface area contributed by atoms with Crippen LogP contribution in [0.1, 0.15) is 12.5 Å². The Bertz CT molecular complexity index is 490. The Morgan fingerprint density at radius 2 is 2.20 bits per heavy atom. The Morgan fingerprint density at radius 1 is 1.53 bits per heavy atom. The SMILES string of the molecule is CCN(C)S(=O)(=O)c1cncc(C#N)c1. The highest BCUT2D eigenvalue weighted by atomic mass is 32.2. The Balaban J connectivity index is 3.23. The van der Waals surface area contributed by atoms with Crippen molar-refractivity contribution in [3.05, 3.63) is 24.0 Å². The summed E-state index contributed by atoms with van der Waals surface area (Å²) in [5, 5.41) is 8.63. The molecule has 15 heavy (non-hydrogen) atoms. The maximum Gasteiger partial charge on any atom is 0.244 e. The Kier molecular flexibility index (Phi) is 3.39. The third kappa shape index (κ3) is 2.32. The van der Waals surface area contributed by atoms with Gasteiger partial charge in [-0.15, -0.1) is 0 Å². The summed E-state index contributed by atoms with van der Waals surface area (Å²) in [6.07, 6.45) is 2.56. The number of pyridine rings is 1. The summed E-state index contributed by atoms with van der Waals surface area (Å²) in [4.78, 5) is 3.76. The van der Waals surface area contributed by atoms with Crippen molar-refractivity contribution in [2.24, 2.45) is 0 Å². The van der Waals surface area contributed by atoms with Crippen molar-refractivity contribution in [3.63, 3.8) is 0 Å². The summed E-state index contributed by atoms with van der Waals surface area (Å²) in [7, 11) is -2.02. The molecule has 0 aromatic carbocycles. The van der Waals surface area contributed by atoms with Crippen molar-refractivity contribution in [2.45, 2.75) is 11.8 Å².